The van der Waals surface area contributed by atoms with E-state index in [0.29, 0.717) is 24.3 Å². The molecular formula is C15H19F3O. The zero-order chi connectivity index (χ0) is 14.5. The number of hydrogen-bond acceptors (Lipinski definition) is 1. The summed E-state index contributed by atoms with van der Waals surface area (Å²) in [5, 5.41) is 0. The van der Waals surface area contributed by atoms with Gasteiger partial charge in [0.05, 0.1) is 12.2 Å². The fraction of sp³-hybridized carbons (Fsp3) is 0.467. The zero-order valence-corrected chi connectivity index (χ0v) is 11.4. The predicted molar refractivity (Wildman–Crippen MR) is 70.5 cm³/mol. The molecule has 0 aliphatic carbocycles. The normalized spacial score (nSPS) is 13.8. The van der Waals surface area contributed by atoms with Gasteiger partial charge in [-0.05, 0) is 49.9 Å². The molecule has 0 saturated heterocycles. The van der Waals surface area contributed by atoms with Gasteiger partial charge in [0.25, 0.3) is 0 Å². The molecule has 0 heterocycles. The van der Waals surface area contributed by atoms with Gasteiger partial charge in [-0.15, -0.1) is 0 Å². The highest BCUT2D eigenvalue weighted by molar-refractivity contribution is 5.40. The van der Waals surface area contributed by atoms with Crippen LogP contribution in [0.15, 0.2) is 30.4 Å². The van der Waals surface area contributed by atoms with Gasteiger partial charge in [-0.25, -0.2) is 0 Å². The second-order valence-corrected chi connectivity index (χ2v) is 4.39. The van der Waals surface area contributed by atoms with Crippen LogP contribution in [0, 0.1) is 0 Å². The molecule has 0 fully saturated rings. The van der Waals surface area contributed by atoms with Gasteiger partial charge >= 0.3 is 6.18 Å². The monoisotopic (exact) mass is 272 g/mol. The number of rotatable bonds is 5. The Morgan fingerprint density at radius 1 is 1.32 bits per heavy atom. The van der Waals surface area contributed by atoms with Crippen molar-refractivity contribution in [3.63, 3.8) is 0 Å². The van der Waals surface area contributed by atoms with E-state index in [9.17, 15) is 13.2 Å². The Morgan fingerprint density at radius 3 is 2.53 bits per heavy atom. The van der Waals surface area contributed by atoms with Gasteiger partial charge in [0.2, 0.25) is 0 Å². The molecule has 0 saturated carbocycles. The summed E-state index contributed by atoms with van der Waals surface area (Å²) in [6.07, 6.45) is 0.211. The summed E-state index contributed by atoms with van der Waals surface area (Å²) in [4.78, 5) is 0. The number of ether oxygens (including phenoxy) is 1. The molecular weight excluding hydrogens is 253 g/mol. The molecule has 4 heteroatoms. The molecule has 0 bridgehead atoms. The molecule has 1 nitrogen and oxygen atoms in total. The highest BCUT2D eigenvalue weighted by Crippen LogP contribution is 2.36. The van der Waals surface area contributed by atoms with Crippen molar-refractivity contribution in [2.75, 3.05) is 6.61 Å². The third kappa shape index (κ3) is 4.30. The van der Waals surface area contributed by atoms with Crippen LogP contribution in [0.4, 0.5) is 13.2 Å². The average molecular weight is 272 g/mol. The molecule has 0 radical (unpaired) electrons. The largest absolute Gasteiger partial charge is 0.494 e. The van der Waals surface area contributed by atoms with Crippen LogP contribution in [0.5, 0.6) is 5.75 Å². The van der Waals surface area contributed by atoms with E-state index < -0.39 is 11.7 Å². The first kappa shape index (κ1) is 15.6. The first-order valence-corrected chi connectivity index (χ1v) is 6.35. The number of benzene rings is 1. The maximum Gasteiger partial charge on any atom is 0.416 e. The molecule has 0 amide bonds. The summed E-state index contributed by atoms with van der Waals surface area (Å²) >= 11 is 0. The molecule has 1 rings (SSSR count). The van der Waals surface area contributed by atoms with E-state index in [1.54, 1.807) is 0 Å². The third-order valence-corrected chi connectivity index (χ3v) is 2.89. The van der Waals surface area contributed by atoms with Crippen molar-refractivity contribution in [1.82, 2.24) is 0 Å². The number of halogens is 3. The lowest BCUT2D eigenvalue weighted by atomic mass is 9.94. The molecule has 0 spiro atoms. The van der Waals surface area contributed by atoms with Crippen LogP contribution in [-0.4, -0.2) is 6.61 Å². The molecule has 1 aromatic carbocycles. The van der Waals surface area contributed by atoms with Crippen LogP contribution >= 0.6 is 0 Å². The van der Waals surface area contributed by atoms with Crippen LogP contribution < -0.4 is 4.74 Å². The van der Waals surface area contributed by atoms with Gasteiger partial charge in [0, 0.05) is 0 Å². The van der Waals surface area contributed by atoms with Crippen molar-refractivity contribution in [1.29, 1.82) is 0 Å². The molecule has 106 valence electrons. The summed E-state index contributed by atoms with van der Waals surface area (Å²) in [6, 6.07) is 3.67. The minimum absolute atomic E-state index is 0.0138. The Balaban J connectivity index is 3.14. The van der Waals surface area contributed by atoms with Crippen LogP contribution in [0.25, 0.3) is 0 Å². The van der Waals surface area contributed by atoms with Crippen molar-refractivity contribution < 1.29 is 17.9 Å². The Bertz CT molecular complexity index is 436. The minimum Gasteiger partial charge on any atom is -0.494 e. The molecule has 0 aromatic heterocycles. The number of hydrogen-bond donors (Lipinski definition) is 0. The lowest BCUT2D eigenvalue weighted by Gasteiger charge is -2.17. The minimum atomic E-state index is -4.32. The highest BCUT2D eigenvalue weighted by Gasteiger charge is 2.31. The van der Waals surface area contributed by atoms with Crippen LogP contribution in [-0.2, 0) is 6.18 Å². The van der Waals surface area contributed by atoms with Crippen molar-refractivity contribution in [2.24, 2.45) is 0 Å². The first-order chi connectivity index (χ1) is 8.90. The van der Waals surface area contributed by atoms with Crippen LogP contribution in [0.3, 0.4) is 0 Å². The molecule has 19 heavy (non-hydrogen) atoms. The van der Waals surface area contributed by atoms with Crippen molar-refractivity contribution >= 4 is 0 Å². The number of allylic oxidation sites excluding steroid dienone is 2. The zero-order valence-electron chi connectivity index (χ0n) is 11.4. The fourth-order valence-electron chi connectivity index (χ4n) is 1.86. The average Bonchev–Trinajstić information content (AvgIpc) is 2.35. The van der Waals surface area contributed by atoms with Gasteiger partial charge in [-0.3, -0.25) is 0 Å². The van der Waals surface area contributed by atoms with Crippen LogP contribution in [0.1, 0.15) is 44.2 Å². The second-order valence-electron chi connectivity index (χ2n) is 4.39. The molecule has 0 aliphatic heterocycles. The Hall–Kier alpha value is -1.45. The maximum atomic E-state index is 12.7. The molecule has 1 aromatic rings. The van der Waals surface area contributed by atoms with E-state index in [-0.39, 0.29) is 5.92 Å². The Labute approximate surface area is 112 Å². The van der Waals surface area contributed by atoms with Crippen molar-refractivity contribution in [2.45, 2.75) is 39.3 Å². The van der Waals surface area contributed by atoms with Crippen molar-refractivity contribution in [3.05, 3.63) is 41.5 Å². The summed E-state index contributed by atoms with van der Waals surface area (Å²) in [5.74, 6) is 0.521. The molecule has 0 N–H and O–H groups in total. The van der Waals surface area contributed by atoms with E-state index in [1.165, 1.54) is 12.1 Å². The highest BCUT2D eigenvalue weighted by atomic mass is 19.4. The van der Waals surface area contributed by atoms with Gasteiger partial charge < -0.3 is 4.74 Å². The first-order valence-electron chi connectivity index (χ1n) is 6.35. The summed E-state index contributed by atoms with van der Waals surface area (Å²) < 4.78 is 43.7. The topological polar surface area (TPSA) is 9.23 Å². The predicted octanol–water partition coefficient (Wildman–Crippen LogP) is 5.17. The quantitative estimate of drug-likeness (QED) is 0.671. The lowest BCUT2D eigenvalue weighted by Crippen LogP contribution is -2.08. The van der Waals surface area contributed by atoms with Gasteiger partial charge in [0.1, 0.15) is 5.75 Å². The van der Waals surface area contributed by atoms with Gasteiger partial charge in [-0.1, -0.05) is 19.1 Å². The standard InChI is InChI=1S/C15H19F3O/c1-4-6-7-11(3)13-10-12(15(16,17)18)8-9-14(13)19-5-2/h4,6,8-11H,5,7H2,1-3H3/b6-4-. The Morgan fingerprint density at radius 2 is 2.00 bits per heavy atom. The summed E-state index contributed by atoms with van der Waals surface area (Å²) in [7, 11) is 0. The lowest BCUT2D eigenvalue weighted by molar-refractivity contribution is -0.137. The molecule has 1 unspecified atom stereocenters. The smallest absolute Gasteiger partial charge is 0.416 e. The number of alkyl halides is 3. The fourth-order valence-corrected chi connectivity index (χ4v) is 1.86. The maximum absolute atomic E-state index is 12.7. The molecule has 1 atom stereocenters. The second kappa shape index (κ2) is 6.64. The van der Waals surface area contributed by atoms with E-state index in [4.69, 9.17) is 4.74 Å². The summed E-state index contributed by atoms with van der Waals surface area (Å²) in [5.41, 5.74) is -0.0203. The van der Waals surface area contributed by atoms with Crippen LogP contribution in [0.2, 0.25) is 0 Å². The van der Waals surface area contributed by atoms with Gasteiger partial charge in [0.15, 0.2) is 0 Å². The van der Waals surface area contributed by atoms with E-state index in [0.717, 1.165) is 6.07 Å². The van der Waals surface area contributed by atoms with E-state index in [1.807, 2.05) is 32.9 Å². The van der Waals surface area contributed by atoms with E-state index in [2.05, 4.69) is 0 Å². The van der Waals surface area contributed by atoms with Crippen molar-refractivity contribution in [3.8, 4) is 5.75 Å². The van der Waals surface area contributed by atoms with E-state index >= 15 is 0 Å². The SMILES string of the molecule is C/C=C\CC(C)c1cc(C(F)(F)F)ccc1OCC. The Kier molecular flexibility index (Phi) is 5.45. The summed E-state index contributed by atoms with van der Waals surface area (Å²) in [6.45, 7) is 6.05. The third-order valence-electron chi connectivity index (χ3n) is 2.89. The van der Waals surface area contributed by atoms with Gasteiger partial charge in [-0.2, -0.15) is 13.2 Å². The molecule has 0 aliphatic rings.